The average molecular weight is 173 g/mol. The quantitative estimate of drug-likeness (QED) is 0.578. The van der Waals surface area contributed by atoms with Gasteiger partial charge in [-0.25, -0.2) is 0 Å². The number of methoxy groups -OCH3 is 1. The lowest BCUT2D eigenvalue weighted by Crippen LogP contribution is -2.45. The Morgan fingerprint density at radius 3 is 3.08 bits per heavy atom. The van der Waals surface area contributed by atoms with E-state index in [1.165, 1.54) is 7.11 Å². The minimum atomic E-state index is -0.288. The fraction of sp³-hybridized carbons (Fsp3) is 0.875. The van der Waals surface area contributed by atoms with E-state index in [2.05, 4.69) is 4.90 Å². The molecule has 1 aliphatic heterocycles. The van der Waals surface area contributed by atoms with Crippen LogP contribution in [-0.4, -0.2) is 57.2 Å². The van der Waals surface area contributed by atoms with Gasteiger partial charge in [-0.3, -0.25) is 4.79 Å². The van der Waals surface area contributed by atoms with Gasteiger partial charge < -0.3 is 14.4 Å². The van der Waals surface area contributed by atoms with Crippen LogP contribution < -0.4 is 0 Å². The number of ketones is 1. The van der Waals surface area contributed by atoms with Crippen LogP contribution in [0.15, 0.2) is 0 Å². The van der Waals surface area contributed by atoms with E-state index in [9.17, 15) is 4.79 Å². The van der Waals surface area contributed by atoms with Crippen molar-refractivity contribution in [1.82, 2.24) is 4.90 Å². The zero-order chi connectivity index (χ0) is 8.97. The van der Waals surface area contributed by atoms with E-state index in [-0.39, 0.29) is 18.5 Å². The predicted octanol–water partition coefficient (Wildman–Crippen LogP) is -0.467. The molecule has 1 rings (SSSR count). The highest BCUT2D eigenvalue weighted by Crippen LogP contribution is 2.03. The van der Waals surface area contributed by atoms with Gasteiger partial charge in [-0.1, -0.05) is 0 Å². The summed E-state index contributed by atoms with van der Waals surface area (Å²) in [5.41, 5.74) is 0. The summed E-state index contributed by atoms with van der Waals surface area (Å²) in [4.78, 5) is 13.4. The van der Waals surface area contributed by atoms with Crippen molar-refractivity contribution in [3.8, 4) is 0 Å². The highest BCUT2D eigenvalue weighted by Gasteiger charge is 2.23. The summed E-state index contributed by atoms with van der Waals surface area (Å²) < 4.78 is 10.0. The molecule has 0 radical (unpaired) electrons. The Morgan fingerprint density at radius 1 is 1.75 bits per heavy atom. The summed E-state index contributed by atoms with van der Waals surface area (Å²) in [6, 6.07) is 0. The van der Waals surface area contributed by atoms with Crippen molar-refractivity contribution >= 4 is 5.78 Å². The second kappa shape index (κ2) is 4.54. The Bertz CT molecular complexity index is 160. The molecule has 0 aromatic rings. The van der Waals surface area contributed by atoms with E-state index < -0.39 is 0 Å². The van der Waals surface area contributed by atoms with Crippen LogP contribution in [-0.2, 0) is 14.3 Å². The molecule has 4 nitrogen and oxygen atoms in total. The lowest BCUT2D eigenvalue weighted by Gasteiger charge is -2.28. The third kappa shape index (κ3) is 2.55. The van der Waals surface area contributed by atoms with Crippen molar-refractivity contribution in [2.75, 3.05) is 40.5 Å². The molecular formula is C8H15NO3. The number of ether oxygens (including phenoxy) is 2. The van der Waals surface area contributed by atoms with Crippen LogP contribution in [0.1, 0.15) is 0 Å². The monoisotopic (exact) mass is 173 g/mol. The Hall–Kier alpha value is -0.450. The maximum atomic E-state index is 11.3. The van der Waals surface area contributed by atoms with Gasteiger partial charge in [0.2, 0.25) is 0 Å². The second-order valence-corrected chi connectivity index (χ2v) is 3.02. The van der Waals surface area contributed by atoms with Crippen LogP contribution in [0.3, 0.4) is 0 Å². The summed E-state index contributed by atoms with van der Waals surface area (Å²) in [5, 5.41) is 0. The molecule has 70 valence electrons. The van der Waals surface area contributed by atoms with E-state index in [0.29, 0.717) is 13.2 Å². The van der Waals surface area contributed by atoms with Gasteiger partial charge in [0.05, 0.1) is 6.61 Å². The number of carbonyl (C=O) groups excluding carboxylic acids is 1. The smallest absolute Gasteiger partial charge is 0.188 e. The number of carbonyl (C=O) groups is 1. The van der Waals surface area contributed by atoms with Crippen LogP contribution in [0.25, 0.3) is 0 Å². The number of hydrogen-bond donors (Lipinski definition) is 0. The van der Waals surface area contributed by atoms with Crippen LogP contribution in [0.2, 0.25) is 0 Å². The first-order chi connectivity index (χ1) is 5.74. The van der Waals surface area contributed by atoms with Crippen molar-refractivity contribution in [3.63, 3.8) is 0 Å². The number of nitrogens with zero attached hydrogens (tertiary/aromatic N) is 1. The molecule has 0 amide bonds. The number of hydrogen-bond acceptors (Lipinski definition) is 4. The van der Waals surface area contributed by atoms with Crippen LogP contribution in [0.4, 0.5) is 0 Å². The Kier molecular flexibility index (Phi) is 3.65. The van der Waals surface area contributed by atoms with Gasteiger partial charge in [0, 0.05) is 20.2 Å². The molecule has 0 aromatic carbocycles. The molecule has 0 saturated carbocycles. The van der Waals surface area contributed by atoms with Gasteiger partial charge in [-0.05, 0) is 7.05 Å². The number of Topliss-reactive ketones (excluding diaryl/α,β-unsaturated/α-hetero) is 1. The first-order valence-electron chi connectivity index (χ1n) is 4.06. The van der Waals surface area contributed by atoms with Crippen molar-refractivity contribution in [3.05, 3.63) is 0 Å². The van der Waals surface area contributed by atoms with Crippen molar-refractivity contribution in [2.24, 2.45) is 0 Å². The summed E-state index contributed by atoms with van der Waals surface area (Å²) in [5.74, 6) is 0.0315. The summed E-state index contributed by atoms with van der Waals surface area (Å²) in [6.07, 6.45) is -0.288. The molecule has 1 heterocycles. The van der Waals surface area contributed by atoms with Crippen LogP contribution in [0.5, 0.6) is 0 Å². The van der Waals surface area contributed by atoms with Crippen LogP contribution >= 0.6 is 0 Å². The number of morpholine rings is 1. The average Bonchev–Trinajstić information content (AvgIpc) is 2.05. The van der Waals surface area contributed by atoms with Crippen LogP contribution in [0, 0.1) is 0 Å². The van der Waals surface area contributed by atoms with Gasteiger partial charge in [0.15, 0.2) is 5.78 Å². The summed E-state index contributed by atoms with van der Waals surface area (Å²) in [6.45, 7) is 2.37. The third-order valence-electron chi connectivity index (χ3n) is 1.92. The molecule has 4 heteroatoms. The van der Waals surface area contributed by atoms with E-state index in [1.54, 1.807) is 0 Å². The van der Waals surface area contributed by atoms with Crippen molar-refractivity contribution < 1.29 is 14.3 Å². The van der Waals surface area contributed by atoms with Gasteiger partial charge in [0.1, 0.15) is 12.7 Å². The van der Waals surface area contributed by atoms with E-state index >= 15 is 0 Å². The predicted molar refractivity (Wildman–Crippen MR) is 44.1 cm³/mol. The molecular weight excluding hydrogens is 158 g/mol. The SMILES string of the molecule is COCC(=O)C1CN(C)CCO1. The Labute approximate surface area is 72.4 Å². The Balaban J connectivity index is 2.35. The summed E-state index contributed by atoms with van der Waals surface area (Å²) >= 11 is 0. The van der Waals surface area contributed by atoms with Crippen molar-refractivity contribution in [1.29, 1.82) is 0 Å². The van der Waals surface area contributed by atoms with Gasteiger partial charge in [-0.15, -0.1) is 0 Å². The minimum Gasteiger partial charge on any atom is -0.377 e. The maximum Gasteiger partial charge on any atom is 0.188 e. The van der Waals surface area contributed by atoms with E-state index in [4.69, 9.17) is 9.47 Å². The molecule has 1 fully saturated rings. The van der Waals surface area contributed by atoms with Crippen molar-refractivity contribution in [2.45, 2.75) is 6.10 Å². The molecule has 0 N–H and O–H groups in total. The Morgan fingerprint density at radius 2 is 2.50 bits per heavy atom. The topological polar surface area (TPSA) is 38.8 Å². The van der Waals surface area contributed by atoms with E-state index in [0.717, 1.165) is 6.54 Å². The zero-order valence-corrected chi connectivity index (χ0v) is 7.58. The molecule has 0 aromatic heterocycles. The molecule has 12 heavy (non-hydrogen) atoms. The largest absolute Gasteiger partial charge is 0.377 e. The van der Waals surface area contributed by atoms with E-state index in [1.807, 2.05) is 7.05 Å². The first kappa shape index (κ1) is 9.64. The van der Waals surface area contributed by atoms with Gasteiger partial charge in [-0.2, -0.15) is 0 Å². The number of likely N-dealkylation sites (N-methyl/N-ethyl adjacent to an activating group) is 1. The standard InChI is InChI=1S/C8H15NO3/c1-9-3-4-12-8(5-9)7(10)6-11-2/h8H,3-6H2,1-2H3. The molecule has 0 aliphatic carbocycles. The highest BCUT2D eigenvalue weighted by molar-refractivity contribution is 5.84. The molecule has 1 atom stereocenters. The maximum absolute atomic E-state index is 11.3. The number of rotatable bonds is 3. The fourth-order valence-electron chi connectivity index (χ4n) is 1.21. The zero-order valence-electron chi connectivity index (χ0n) is 7.58. The minimum absolute atomic E-state index is 0.0315. The second-order valence-electron chi connectivity index (χ2n) is 3.02. The van der Waals surface area contributed by atoms with Gasteiger partial charge in [0.25, 0.3) is 0 Å². The highest BCUT2D eigenvalue weighted by atomic mass is 16.5. The van der Waals surface area contributed by atoms with Gasteiger partial charge >= 0.3 is 0 Å². The summed E-state index contributed by atoms with van der Waals surface area (Å²) in [7, 11) is 3.50. The molecule has 0 spiro atoms. The lowest BCUT2D eigenvalue weighted by atomic mass is 10.2. The fourth-order valence-corrected chi connectivity index (χ4v) is 1.21. The molecule has 0 bridgehead atoms. The third-order valence-corrected chi connectivity index (χ3v) is 1.92. The lowest BCUT2D eigenvalue weighted by molar-refractivity contribution is -0.139. The first-order valence-corrected chi connectivity index (χ1v) is 4.06. The molecule has 1 saturated heterocycles. The molecule has 1 aliphatic rings. The molecule has 1 unspecified atom stereocenters. The normalized spacial score (nSPS) is 25.7.